The third-order valence-electron chi connectivity index (χ3n) is 2.19. The first-order valence-corrected chi connectivity index (χ1v) is 4.60. The molecular weight excluding hydrogens is 212 g/mol. The van der Waals surface area contributed by atoms with E-state index in [9.17, 15) is 10.1 Å². The van der Waals surface area contributed by atoms with Gasteiger partial charge in [0.05, 0.1) is 7.11 Å². The second-order valence-corrected chi connectivity index (χ2v) is 3.18. The first kappa shape index (κ1) is 12.0. The molecule has 16 heavy (non-hydrogen) atoms. The predicted molar refractivity (Wildman–Crippen MR) is 57.8 cm³/mol. The summed E-state index contributed by atoms with van der Waals surface area (Å²) in [6.07, 6.45) is 0. The summed E-state index contributed by atoms with van der Waals surface area (Å²) >= 11 is 0. The van der Waals surface area contributed by atoms with E-state index in [4.69, 9.17) is 9.94 Å². The highest BCUT2D eigenvalue weighted by atomic mass is 16.6. The predicted octanol–water partition coefficient (Wildman–Crippen LogP) is 1.54. The standard InChI is InChI=1S/C10H12N2O4/c1-7(12(14)15)10(11-13)8-4-3-5-9(6-8)16-2/h3-7,13H,1-2H3. The van der Waals surface area contributed by atoms with Crippen molar-refractivity contribution in [1.29, 1.82) is 0 Å². The molecule has 0 fully saturated rings. The number of ether oxygens (including phenoxy) is 1. The second-order valence-electron chi connectivity index (χ2n) is 3.18. The highest BCUT2D eigenvalue weighted by molar-refractivity contribution is 6.03. The van der Waals surface area contributed by atoms with E-state index in [1.54, 1.807) is 24.3 Å². The highest BCUT2D eigenvalue weighted by Crippen LogP contribution is 2.15. The molecule has 0 radical (unpaired) electrons. The van der Waals surface area contributed by atoms with Crippen LogP contribution in [0.1, 0.15) is 12.5 Å². The molecule has 1 N–H and O–H groups in total. The van der Waals surface area contributed by atoms with Crippen LogP contribution in [0.4, 0.5) is 0 Å². The number of rotatable bonds is 4. The summed E-state index contributed by atoms with van der Waals surface area (Å²) in [5, 5.41) is 22.4. The van der Waals surface area contributed by atoms with Crippen LogP contribution >= 0.6 is 0 Å². The van der Waals surface area contributed by atoms with Crippen molar-refractivity contribution >= 4 is 5.71 Å². The normalized spacial score (nSPS) is 13.2. The van der Waals surface area contributed by atoms with Crippen molar-refractivity contribution in [2.24, 2.45) is 5.16 Å². The van der Waals surface area contributed by atoms with Crippen molar-refractivity contribution in [3.63, 3.8) is 0 Å². The van der Waals surface area contributed by atoms with Crippen molar-refractivity contribution in [3.8, 4) is 5.75 Å². The topological polar surface area (TPSA) is 85.0 Å². The van der Waals surface area contributed by atoms with Crippen LogP contribution in [0.2, 0.25) is 0 Å². The molecule has 0 bridgehead atoms. The van der Waals surface area contributed by atoms with Gasteiger partial charge in [0, 0.05) is 17.4 Å². The minimum Gasteiger partial charge on any atom is -0.497 e. The number of hydrogen-bond acceptors (Lipinski definition) is 5. The lowest BCUT2D eigenvalue weighted by Crippen LogP contribution is -2.27. The van der Waals surface area contributed by atoms with Gasteiger partial charge in [-0.2, -0.15) is 0 Å². The summed E-state index contributed by atoms with van der Waals surface area (Å²) in [5.74, 6) is 0.550. The van der Waals surface area contributed by atoms with Gasteiger partial charge in [-0.05, 0) is 12.1 Å². The molecule has 1 aromatic rings. The Morgan fingerprint density at radius 3 is 2.81 bits per heavy atom. The van der Waals surface area contributed by atoms with E-state index >= 15 is 0 Å². The number of hydrogen-bond donors (Lipinski definition) is 1. The molecule has 0 saturated carbocycles. The number of nitro groups is 1. The van der Waals surface area contributed by atoms with E-state index in [-0.39, 0.29) is 5.71 Å². The molecule has 1 rings (SSSR count). The van der Waals surface area contributed by atoms with Crippen molar-refractivity contribution in [1.82, 2.24) is 0 Å². The van der Waals surface area contributed by atoms with Crippen LogP contribution in [0.3, 0.4) is 0 Å². The summed E-state index contributed by atoms with van der Waals surface area (Å²) in [6, 6.07) is 5.51. The molecule has 0 aliphatic heterocycles. The molecular formula is C10H12N2O4. The average Bonchev–Trinajstić information content (AvgIpc) is 2.30. The molecule has 0 amide bonds. The molecule has 0 heterocycles. The fourth-order valence-corrected chi connectivity index (χ4v) is 1.26. The molecule has 0 spiro atoms. The zero-order valence-electron chi connectivity index (χ0n) is 8.95. The zero-order chi connectivity index (χ0) is 12.1. The van der Waals surface area contributed by atoms with E-state index < -0.39 is 11.0 Å². The van der Waals surface area contributed by atoms with Crippen molar-refractivity contribution in [2.45, 2.75) is 13.0 Å². The van der Waals surface area contributed by atoms with Gasteiger partial charge in [0.2, 0.25) is 0 Å². The SMILES string of the molecule is COc1cccc(C(=NO)C(C)[N+](=O)[O-])c1. The van der Waals surface area contributed by atoms with Gasteiger partial charge >= 0.3 is 0 Å². The quantitative estimate of drug-likeness (QED) is 0.364. The molecule has 0 aromatic heterocycles. The lowest BCUT2D eigenvalue weighted by atomic mass is 10.0. The second kappa shape index (κ2) is 5.11. The molecule has 6 heteroatoms. The fraction of sp³-hybridized carbons (Fsp3) is 0.300. The van der Waals surface area contributed by atoms with E-state index in [0.717, 1.165) is 0 Å². The van der Waals surface area contributed by atoms with Gasteiger partial charge in [-0.15, -0.1) is 0 Å². The summed E-state index contributed by atoms with van der Waals surface area (Å²) in [6.45, 7) is 1.36. The molecule has 86 valence electrons. The van der Waals surface area contributed by atoms with E-state index in [1.165, 1.54) is 14.0 Å². The fourth-order valence-electron chi connectivity index (χ4n) is 1.26. The van der Waals surface area contributed by atoms with Gasteiger partial charge in [0.25, 0.3) is 6.04 Å². The third kappa shape index (κ3) is 2.47. The van der Waals surface area contributed by atoms with E-state index in [0.29, 0.717) is 11.3 Å². The van der Waals surface area contributed by atoms with E-state index in [2.05, 4.69) is 5.16 Å². The summed E-state index contributed by atoms with van der Waals surface area (Å²) < 4.78 is 4.98. The first-order valence-electron chi connectivity index (χ1n) is 4.60. The van der Waals surface area contributed by atoms with Crippen LogP contribution in [-0.4, -0.2) is 29.0 Å². The largest absolute Gasteiger partial charge is 0.497 e. The Morgan fingerprint density at radius 1 is 1.62 bits per heavy atom. The smallest absolute Gasteiger partial charge is 0.255 e. The van der Waals surface area contributed by atoms with Crippen LogP contribution in [0.5, 0.6) is 5.75 Å². The molecule has 0 aliphatic rings. The first-order chi connectivity index (χ1) is 7.60. The molecule has 6 nitrogen and oxygen atoms in total. The van der Waals surface area contributed by atoms with Gasteiger partial charge in [0.15, 0.2) is 5.71 Å². The lowest BCUT2D eigenvalue weighted by molar-refractivity contribution is -0.498. The van der Waals surface area contributed by atoms with Crippen LogP contribution in [0.25, 0.3) is 0 Å². The number of methoxy groups -OCH3 is 1. The maximum absolute atomic E-state index is 10.6. The number of benzene rings is 1. The molecule has 1 aromatic carbocycles. The van der Waals surface area contributed by atoms with Crippen LogP contribution < -0.4 is 4.74 Å². The molecule has 0 saturated heterocycles. The maximum Gasteiger partial charge on any atom is 0.255 e. The molecule has 1 unspecified atom stereocenters. The Kier molecular flexibility index (Phi) is 3.82. The van der Waals surface area contributed by atoms with Gasteiger partial charge in [-0.25, -0.2) is 0 Å². The molecule has 0 aliphatic carbocycles. The third-order valence-corrected chi connectivity index (χ3v) is 2.19. The van der Waals surface area contributed by atoms with Crippen molar-refractivity contribution in [3.05, 3.63) is 39.9 Å². The van der Waals surface area contributed by atoms with Crippen molar-refractivity contribution < 1.29 is 14.9 Å². The van der Waals surface area contributed by atoms with Crippen molar-refractivity contribution in [2.75, 3.05) is 7.11 Å². The number of nitrogens with zero attached hydrogens (tertiary/aromatic N) is 2. The Balaban J connectivity index is 3.09. The summed E-state index contributed by atoms with van der Waals surface area (Å²) in [4.78, 5) is 10.1. The summed E-state index contributed by atoms with van der Waals surface area (Å²) in [7, 11) is 1.49. The zero-order valence-corrected chi connectivity index (χ0v) is 8.95. The highest BCUT2D eigenvalue weighted by Gasteiger charge is 2.23. The Morgan fingerprint density at radius 2 is 2.31 bits per heavy atom. The minimum atomic E-state index is -1.07. The Bertz CT molecular complexity index is 417. The average molecular weight is 224 g/mol. The summed E-state index contributed by atoms with van der Waals surface area (Å²) in [5.41, 5.74) is 0.468. The van der Waals surface area contributed by atoms with Gasteiger partial charge in [-0.3, -0.25) is 10.1 Å². The lowest BCUT2D eigenvalue weighted by Gasteiger charge is -2.07. The van der Waals surface area contributed by atoms with Crippen LogP contribution in [-0.2, 0) is 0 Å². The monoisotopic (exact) mass is 224 g/mol. The maximum atomic E-state index is 10.6. The number of oxime groups is 1. The molecule has 1 atom stereocenters. The Labute approximate surface area is 92.3 Å². The Hall–Kier alpha value is -2.11. The van der Waals surface area contributed by atoms with Gasteiger partial charge in [0.1, 0.15) is 5.75 Å². The van der Waals surface area contributed by atoms with Crippen LogP contribution in [0, 0.1) is 10.1 Å². The van der Waals surface area contributed by atoms with Gasteiger partial charge in [-0.1, -0.05) is 17.3 Å². The minimum absolute atomic E-state index is 0.00361. The van der Waals surface area contributed by atoms with Gasteiger partial charge < -0.3 is 9.94 Å². The van der Waals surface area contributed by atoms with E-state index in [1.807, 2.05) is 0 Å². The van der Waals surface area contributed by atoms with Crippen LogP contribution in [0.15, 0.2) is 29.4 Å².